The molecular weight excluding hydrogens is 312 g/mol. The zero-order chi connectivity index (χ0) is 16.4. The van der Waals surface area contributed by atoms with Crippen LogP contribution in [0.15, 0.2) is 17.3 Å². The van der Waals surface area contributed by atoms with E-state index in [0.717, 1.165) is 25.0 Å². The third-order valence-electron chi connectivity index (χ3n) is 4.63. The summed E-state index contributed by atoms with van der Waals surface area (Å²) in [5, 5.41) is 5.00. The van der Waals surface area contributed by atoms with Gasteiger partial charge in [-0.1, -0.05) is 32.6 Å². The van der Waals surface area contributed by atoms with Crippen LogP contribution in [-0.4, -0.2) is 23.0 Å². The van der Waals surface area contributed by atoms with Crippen LogP contribution in [0, 0.1) is 5.92 Å². The molecule has 0 aromatic carbocycles. The Hall–Kier alpha value is -1.47. The molecule has 0 atom stereocenters. The maximum Gasteiger partial charge on any atom is 0.257 e. The van der Waals surface area contributed by atoms with Crippen LogP contribution in [0.25, 0.3) is 11.2 Å². The molecule has 0 saturated heterocycles. The number of hydrogen-bond donors (Lipinski definition) is 1. The van der Waals surface area contributed by atoms with Gasteiger partial charge in [-0.25, -0.2) is 23.5 Å². The molecule has 0 spiro atoms. The average Bonchev–Trinajstić information content (AvgIpc) is 2.85. The van der Waals surface area contributed by atoms with Crippen LogP contribution in [0.4, 0.5) is 0 Å². The smallest absolute Gasteiger partial charge is 0.257 e. The first kappa shape index (κ1) is 16.4. The van der Waals surface area contributed by atoms with E-state index in [-0.39, 0.29) is 5.03 Å². The number of nitrogens with zero attached hydrogens (tertiary/aromatic N) is 3. The summed E-state index contributed by atoms with van der Waals surface area (Å²) < 4.78 is 25.2. The van der Waals surface area contributed by atoms with E-state index in [0.29, 0.717) is 11.4 Å². The minimum absolute atomic E-state index is 0.164. The lowest BCUT2D eigenvalue weighted by Crippen LogP contribution is -2.17. The minimum atomic E-state index is -3.82. The Morgan fingerprint density at radius 3 is 2.70 bits per heavy atom. The van der Waals surface area contributed by atoms with Gasteiger partial charge in [0.1, 0.15) is 5.52 Å². The van der Waals surface area contributed by atoms with Gasteiger partial charge in [-0.3, -0.25) is 0 Å². The van der Waals surface area contributed by atoms with Crippen molar-refractivity contribution in [3.05, 3.63) is 18.0 Å². The molecule has 1 aliphatic carbocycles. The van der Waals surface area contributed by atoms with Crippen molar-refractivity contribution in [2.24, 2.45) is 11.1 Å². The van der Waals surface area contributed by atoms with Gasteiger partial charge in [0.15, 0.2) is 10.7 Å². The van der Waals surface area contributed by atoms with E-state index in [2.05, 4.69) is 21.5 Å². The fourth-order valence-electron chi connectivity index (χ4n) is 3.49. The van der Waals surface area contributed by atoms with E-state index < -0.39 is 10.0 Å². The van der Waals surface area contributed by atoms with E-state index in [1.54, 1.807) is 0 Å². The molecule has 3 rings (SSSR count). The summed E-state index contributed by atoms with van der Waals surface area (Å²) in [4.78, 5) is 8.56. The largest absolute Gasteiger partial charge is 0.328 e. The van der Waals surface area contributed by atoms with Gasteiger partial charge in [-0.15, -0.1) is 0 Å². The zero-order valence-electron chi connectivity index (χ0n) is 13.5. The first-order valence-corrected chi connectivity index (χ1v) is 9.91. The maximum atomic E-state index is 11.5. The highest BCUT2D eigenvalue weighted by Gasteiger charge is 2.19. The molecule has 2 aromatic rings. The number of rotatable bonds is 5. The van der Waals surface area contributed by atoms with Gasteiger partial charge in [-0.05, 0) is 31.2 Å². The average molecular weight is 336 g/mol. The lowest BCUT2D eigenvalue weighted by molar-refractivity contribution is 0.319. The van der Waals surface area contributed by atoms with Gasteiger partial charge in [0.25, 0.3) is 10.0 Å². The standard InChI is InChI=1S/C16H24N4O2S/c1-2-6-13-9-14-16(18-10-15(19-14)23(17,21)22)20(13)11-12-7-4-3-5-8-12/h9-10,12H,2-8,11H2,1H3,(H2,17,21,22). The Balaban J connectivity index is 2.01. The van der Waals surface area contributed by atoms with Gasteiger partial charge in [0.2, 0.25) is 0 Å². The summed E-state index contributed by atoms with van der Waals surface area (Å²) in [6.07, 6.45) is 9.69. The van der Waals surface area contributed by atoms with Gasteiger partial charge in [0, 0.05) is 12.2 Å². The van der Waals surface area contributed by atoms with Crippen molar-refractivity contribution in [2.45, 2.75) is 63.4 Å². The van der Waals surface area contributed by atoms with Crippen LogP contribution < -0.4 is 5.14 Å². The second-order valence-electron chi connectivity index (χ2n) is 6.46. The Bertz CT molecular complexity index is 792. The quantitative estimate of drug-likeness (QED) is 0.908. The Labute approximate surface area is 137 Å². The fraction of sp³-hybridized carbons (Fsp3) is 0.625. The maximum absolute atomic E-state index is 11.5. The molecular formula is C16H24N4O2S. The summed E-state index contributed by atoms with van der Waals surface area (Å²) in [6.45, 7) is 3.08. The minimum Gasteiger partial charge on any atom is -0.328 e. The molecule has 2 heterocycles. The van der Waals surface area contributed by atoms with E-state index in [1.807, 2.05) is 6.07 Å². The van der Waals surface area contributed by atoms with Crippen molar-refractivity contribution in [3.63, 3.8) is 0 Å². The highest BCUT2D eigenvalue weighted by atomic mass is 32.2. The summed E-state index contributed by atoms with van der Waals surface area (Å²) in [6, 6.07) is 1.96. The summed E-state index contributed by atoms with van der Waals surface area (Å²) in [7, 11) is -3.82. The Morgan fingerprint density at radius 2 is 2.04 bits per heavy atom. The molecule has 1 saturated carbocycles. The van der Waals surface area contributed by atoms with Crippen LogP contribution in [0.2, 0.25) is 0 Å². The van der Waals surface area contributed by atoms with E-state index >= 15 is 0 Å². The zero-order valence-corrected chi connectivity index (χ0v) is 14.3. The predicted octanol–water partition coefficient (Wildman–Crippen LogP) is 2.61. The summed E-state index contributed by atoms with van der Waals surface area (Å²) in [5.74, 6) is 0.676. The lowest BCUT2D eigenvalue weighted by atomic mass is 9.89. The van der Waals surface area contributed by atoms with E-state index in [9.17, 15) is 8.42 Å². The molecule has 0 aliphatic heterocycles. The van der Waals surface area contributed by atoms with Crippen LogP contribution >= 0.6 is 0 Å². The molecule has 0 unspecified atom stereocenters. The highest BCUT2D eigenvalue weighted by Crippen LogP contribution is 2.28. The van der Waals surface area contributed by atoms with Gasteiger partial charge < -0.3 is 4.57 Å². The van der Waals surface area contributed by atoms with Crippen molar-refractivity contribution in [1.82, 2.24) is 14.5 Å². The van der Waals surface area contributed by atoms with Crippen LogP contribution in [0.5, 0.6) is 0 Å². The van der Waals surface area contributed by atoms with Crippen LogP contribution in [0.3, 0.4) is 0 Å². The van der Waals surface area contributed by atoms with E-state index in [1.165, 1.54) is 44.0 Å². The van der Waals surface area contributed by atoms with Crippen molar-refractivity contribution in [2.75, 3.05) is 0 Å². The second-order valence-corrected chi connectivity index (χ2v) is 7.97. The number of fused-ring (bicyclic) bond motifs is 1. The number of aromatic nitrogens is 3. The number of primary sulfonamides is 1. The topological polar surface area (TPSA) is 90.9 Å². The molecule has 0 bridgehead atoms. The summed E-state index contributed by atoms with van der Waals surface area (Å²) in [5.41, 5.74) is 2.57. The molecule has 6 nitrogen and oxygen atoms in total. The van der Waals surface area contributed by atoms with Crippen LogP contribution in [0.1, 0.15) is 51.1 Å². The molecule has 7 heteroatoms. The number of hydrogen-bond acceptors (Lipinski definition) is 4. The normalized spacial score (nSPS) is 17.0. The lowest BCUT2D eigenvalue weighted by Gasteiger charge is -2.23. The van der Waals surface area contributed by atoms with Crippen LogP contribution in [-0.2, 0) is 23.0 Å². The first-order valence-electron chi connectivity index (χ1n) is 8.37. The third-order valence-corrected chi connectivity index (χ3v) is 5.41. The van der Waals surface area contributed by atoms with Gasteiger partial charge in [-0.2, -0.15) is 0 Å². The molecule has 126 valence electrons. The molecule has 2 aromatic heterocycles. The number of sulfonamides is 1. The van der Waals surface area contributed by atoms with Gasteiger partial charge in [0.05, 0.1) is 6.20 Å². The fourth-order valence-corrected chi connectivity index (χ4v) is 3.91. The second kappa shape index (κ2) is 6.57. The van der Waals surface area contributed by atoms with Crippen molar-refractivity contribution < 1.29 is 8.42 Å². The first-order chi connectivity index (χ1) is 11.0. The molecule has 0 radical (unpaired) electrons. The van der Waals surface area contributed by atoms with Crippen molar-refractivity contribution in [1.29, 1.82) is 0 Å². The Kier molecular flexibility index (Phi) is 4.68. The molecule has 1 fully saturated rings. The third kappa shape index (κ3) is 3.55. The molecule has 1 aliphatic rings. The predicted molar refractivity (Wildman–Crippen MR) is 89.5 cm³/mol. The monoisotopic (exact) mass is 336 g/mol. The highest BCUT2D eigenvalue weighted by molar-refractivity contribution is 7.89. The number of nitrogens with two attached hydrogens (primary N) is 1. The summed E-state index contributed by atoms with van der Waals surface area (Å²) >= 11 is 0. The SMILES string of the molecule is CCCc1cc2nc(S(N)(=O)=O)cnc2n1CC1CCCCC1. The van der Waals surface area contributed by atoms with Gasteiger partial charge >= 0.3 is 0 Å². The molecule has 0 amide bonds. The number of aryl methyl sites for hydroxylation is 1. The van der Waals surface area contributed by atoms with E-state index in [4.69, 9.17) is 5.14 Å². The Morgan fingerprint density at radius 1 is 1.30 bits per heavy atom. The van der Waals surface area contributed by atoms with Crippen molar-refractivity contribution >= 4 is 21.2 Å². The molecule has 23 heavy (non-hydrogen) atoms. The molecule has 2 N–H and O–H groups in total. The van der Waals surface area contributed by atoms with Crippen molar-refractivity contribution in [3.8, 4) is 0 Å².